The van der Waals surface area contributed by atoms with E-state index < -0.39 is 35.1 Å². The van der Waals surface area contributed by atoms with Crippen LogP contribution in [-0.2, 0) is 15.0 Å². The standard InChI is InChI=1S/C32H33F2NO6/c1-7-40-24-13-10-19(15-21(24)32(3,4)5)29(36)27-28(18-9-14-25(39-6)26(16-18)41-8-2)35(31(38)30(27)37)23-12-11-20(33)17-22(23)34/h9-17,28,36H,7-8H2,1-6H3/b29-27+. The minimum Gasteiger partial charge on any atom is -0.507 e. The van der Waals surface area contributed by atoms with Crippen molar-refractivity contribution in [3.05, 3.63) is 88.5 Å². The molecular weight excluding hydrogens is 532 g/mol. The number of amides is 1. The molecule has 7 nitrogen and oxygen atoms in total. The summed E-state index contributed by atoms with van der Waals surface area (Å²) in [6.07, 6.45) is 0. The van der Waals surface area contributed by atoms with Gasteiger partial charge in [-0.3, -0.25) is 14.5 Å². The summed E-state index contributed by atoms with van der Waals surface area (Å²) in [5.74, 6) is -3.05. The second-order valence-corrected chi connectivity index (χ2v) is 10.5. The number of Topliss-reactive ketones (excluding diaryl/α,β-unsaturated/α-hetero) is 1. The summed E-state index contributed by atoms with van der Waals surface area (Å²) in [6.45, 7) is 10.3. The van der Waals surface area contributed by atoms with Gasteiger partial charge in [-0.05, 0) is 67.3 Å². The van der Waals surface area contributed by atoms with Crippen LogP contribution in [0.25, 0.3) is 5.76 Å². The Kier molecular flexibility index (Phi) is 8.37. The van der Waals surface area contributed by atoms with E-state index in [2.05, 4.69) is 0 Å². The Morgan fingerprint density at radius 2 is 1.56 bits per heavy atom. The van der Waals surface area contributed by atoms with Gasteiger partial charge in [0.1, 0.15) is 23.1 Å². The third-order valence-corrected chi connectivity index (χ3v) is 6.78. The number of ether oxygens (including phenoxy) is 3. The van der Waals surface area contributed by atoms with Crippen molar-refractivity contribution in [3.8, 4) is 17.2 Å². The van der Waals surface area contributed by atoms with E-state index in [0.717, 1.165) is 22.6 Å². The van der Waals surface area contributed by atoms with E-state index in [0.29, 0.717) is 42.1 Å². The summed E-state index contributed by atoms with van der Waals surface area (Å²) in [6, 6.07) is 11.2. The van der Waals surface area contributed by atoms with E-state index in [1.165, 1.54) is 7.11 Å². The molecule has 1 aliphatic heterocycles. The third-order valence-electron chi connectivity index (χ3n) is 6.78. The number of halogens is 2. The van der Waals surface area contributed by atoms with Crippen molar-refractivity contribution in [2.24, 2.45) is 0 Å². The quantitative estimate of drug-likeness (QED) is 0.186. The van der Waals surface area contributed by atoms with Crippen molar-refractivity contribution >= 4 is 23.1 Å². The number of ketones is 1. The van der Waals surface area contributed by atoms with Gasteiger partial charge in [-0.1, -0.05) is 26.8 Å². The average molecular weight is 566 g/mol. The molecule has 0 bridgehead atoms. The number of methoxy groups -OCH3 is 1. The normalized spacial score (nSPS) is 16.7. The molecule has 216 valence electrons. The van der Waals surface area contributed by atoms with Crippen LogP contribution in [0, 0.1) is 11.6 Å². The number of aliphatic hydroxyl groups excluding tert-OH is 1. The molecule has 41 heavy (non-hydrogen) atoms. The molecule has 4 rings (SSSR count). The topological polar surface area (TPSA) is 85.3 Å². The van der Waals surface area contributed by atoms with Crippen molar-refractivity contribution in [3.63, 3.8) is 0 Å². The number of rotatable bonds is 8. The van der Waals surface area contributed by atoms with Gasteiger partial charge < -0.3 is 19.3 Å². The maximum atomic E-state index is 15.1. The Hall–Kier alpha value is -4.40. The van der Waals surface area contributed by atoms with E-state index >= 15 is 4.39 Å². The van der Waals surface area contributed by atoms with E-state index in [1.807, 2.05) is 27.7 Å². The predicted octanol–water partition coefficient (Wildman–Crippen LogP) is 6.69. The Balaban J connectivity index is 2.00. The summed E-state index contributed by atoms with van der Waals surface area (Å²) in [5, 5.41) is 11.6. The minimum absolute atomic E-state index is 0.254. The van der Waals surface area contributed by atoms with Gasteiger partial charge >= 0.3 is 0 Å². The second-order valence-electron chi connectivity index (χ2n) is 10.5. The van der Waals surface area contributed by atoms with Gasteiger partial charge in [0.15, 0.2) is 11.5 Å². The smallest absolute Gasteiger partial charge is 0.300 e. The molecule has 1 N–H and O–H groups in total. The van der Waals surface area contributed by atoms with E-state index in [-0.39, 0.29) is 22.2 Å². The summed E-state index contributed by atoms with van der Waals surface area (Å²) in [7, 11) is 1.47. The van der Waals surface area contributed by atoms with Crippen LogP contribution in [0.15, 0.2) is 60.2 Å². The van der Waals surface area contributed by atoms with Gasteiger partial charge in [-0.25, -0.2) is 8.78 Å². The molecule has 1 fully saturated rings. The summed E-state index contributed by atoms with van der Waals surface area (Å²) >= 11 is 0. The number of benzene rings is 3. The SMILES string of the molecule is CCOc1cc(C2/C(=C(\O)c3ccc(OCC)c(C(C)(C)C)c3)C(=O)C(=O)N2c2ccc(F)cc2F)ccc1OC. The number of aliphatic hydroxyl groups is 1. The second kappa shape index (κ2) is 11.6. The number of hydrogen-bond acceptors (Lipinski definition) is 6. The molecule has 1 atom stereocenters. The van der Waals surface area contributed by atoms with E-state index in [1.54, 1.807) is 43.3 Å². The highest BCUT2D eigenvalue weighted by Gasteiger charge is 2.48. The molecule has 1 aliphatic rings. The highest BCUT2D eigenvalue weighted by atomic mass is 19.1. The van der Waals surface area contributed by atoms with Gasteiger partial charge in [0.2, 0.25) is 0 Å². The monoisotopic (exact) mass is 565 g/mol. The first-order valence-corrected chi connectivity index (χ1v) is 13.3. The maximum Gasteiger partial charge on any atom is 0.300 e. The molecule has 0 aromatic heterocycles. The lowest BCUT2D eigenvalue weighted by Crippen LogP contribution is -2.30. The zero-order valence-corrected chi connectivity index (χ0v) is 23.9. The molecule has 0 saturated carbocycles. The van der Waals surface area contributed by atoms with Crippen LogP contribution < -0.4 is 19.1 Å². The minimum atomic E-state index is -1.26. The van der Waals surface area contributed by atoms with Crippen molar-refractivity contribution in [2.45, 2.75) is 46.1 Å². The van der Waals surface area contributed by atoms with Gasteiger partial charge in [0, 0.05) is 17.2 Å². The molecule has 3 aromatic carbocycles. The van der Waals surface area contributed by atoms with Gasteiger partial charge in [0.05, 0.1) is 37.6 Å². The lowest BCUT2D eigenvalue weighted by atomic mass is 9.84. The zero-order chi connectivity index (χ0) is 30.1. The average Bonchev–Trinajstić information content (AvgIpc) is 3.18. The number of nitrogens with zero attached hydrogens (tertiary/aromatic N) is 1. The highest BCUT2D eigenvalue weighted by Crippen LogP contribution is 2.45. The third kappa shape index (κ3) is 5.62. The summed E-state index contributed by atoms with van der Waals surface area (Å²) < 4.78 is 45.7. The molecule has 0 aliphatic carbocycles. The first kappa shape index (κ1) is 29.6. The largest absolute Gasteiger partial charge is 0.507 e. The van der Waals surface area contributed by atoms with Gasteiger partial charge in [0.25, 0.3) is 11.7 Å². The molecule has 1 heterocycles. The highest BCUT2D eigenvalue weighted by molar-refractivity contribution is 6.51. The van der Waals surface area contributed by atoms with Crippen molar-refractivity contribution in [1.29, 1.82) is 0 Å². The number of hydrogen-bond donors (Lipinski definition) is 1. The molecule has 1 amide bonds. The molecule has 3 aromatic rings. The van der Waals surface area contributed by atoms with E-state index in [4.69, 9.17) is 14.2 Å². The zero-order valence-electron chi connectivity index (χ0n) is 23.9. The number of carbonyl (C=O) groups excluding carboxylic acids is 2. The van der Waals surface area contributed by atoms with Crippen LogP contribution >= 0.6 is 0 Å². The van der Waals surface area contributed by atoms with Crippen molar-refractivity contribution < 1.29 is 37.7 Å². The Bertz CT molecular complexity index is 1530. The van der Waals surface area contributed by atoms with Crippen LogP contribution in [0.3, 0.4) is 0 Å². The van der Waals surface area contributed by atoms with Gasteiger partial charge in [-0.2, -0.15) is 0 Å². The number of anilines is 1. The number of carbonyl (C=O) groups is 2. The van der Waals surface area contributed by atoms with Crippen LogP contribution in [0.4, 0.5) is 14.5 Å². The molecule has 1 saturated heterocycles. The van der Waals surface area contributed by atoms with Crippen LogP contribution in [-0.4, -0.2) is 37.1 Å². The Morgan fingerprint density at radius 3 is 2.17 bits per heavy atom. The lowest BCUT2D eigenvalue weighted by Gasteiger charge is -2.27. The van der Waals surface area contributed by atoms with Gasteiger partial charge in [-0.15, -0.1) is 0 Å². The fourth-order valence-electron chi connectivity index (χ4n) is 4.90. The molecule has 0 spiro atoms. The fourth-order valence-corrected chi connectivity index (χ4v) is 4.90. The predicted molar refractivity (Wildman–Crippen MR) is 152 cm³/mol. The summed E-state index contributed by atoms with van der Waals surface area (Å²) in [4.78, 5) is 28.0. The Morgan fingerprint density at radius 1 is 0.902 bits per heavy atom. The van der Waals surface area contributed by atoms with Crippen molar-refractivity contribution in [1.82, 2.24) is 0 Å². The molecular formula is C32H33F2NO6. The van der Waals surface area contributed by atoms with E-state index in [9.17, 15) is 19.1 Å². The van der Waals surface area contributed by atoms with Crippen molar-refractivity contribution in [2.75, 3.05) is 25.2 Å². The Labute approximate surface area is 238 Å². The first-order valence-electron chi connectivity index (χ1n) is 13.3. The summed E-state index contributed by atoms with van der Waals surface area (Å²) in [5.41, 5.74) is 0.456. The lowest BCUT2D eigenvalue weighted by molar-refractivity contribution is -0.132. The fraction of sp³-hybridized carbons (Fsp3) is 0.312. The van der Waals surface area contributed by atoms with Crippen LogP contribution in [0.2, 0.25) is 0 Å². The maximum absolute atomic E-state index is 15.1. The molecule has 9 heteroatoms. The van der Waals surface area contributed by atoms with Crippen LogP contribution in [0.1, 0.15) is 57.4 Å². The molecule has 0 radical (unpaired) electrons. The molecule has 1 unspecified atom stereocenters. The van der Waals surface area contributed by atoms with Crippen LogP contribution in [0.5, 0.6) is 17.2 Å². The first-order chi connectivity index (χ1) is 19.4.